The fourth-order valence-corrected chi connectivity index (χ4v) is 1.65. The van der Waals surface area contributed by atoms with Crippen molar-refractivity contribution in [2.24, 2.45) is 0 Å². The summed E-state index contributed by atoms with van der Waals surface area (Å²) in [6, 6.07) is 5.19. The van der Waals surface area contributed by atoms with Crippen molar-refractivity contribution in [3.63, 3.8) is 0 Å². The molecule has 1 atom stereocenters. The maximum absolute atomic E-state index is 11.5. The van der Waals surface area contributed by atoms with Gasteiger partial charge in [0, 0.05) is 6.42 Å². The molecule has 0 fully saturated rings. The molecule has 1 aromatic carbocycles. The molecule has 0 bridgehead atoms. The van der Waals surface area contributed by atoms with E-state index in [0.717, 1.165) is 5.56 Å². The highest BCUT2D eigenvalue weighted by Crippen LogP contribution is 2.28. The number of aliphatic hydroxyl groups excluding tert-OH is 1. The Morgan fingerprint density at radius 1 is 1.29 bits per heavy atom. The van der Waals surface area contributed by atoms with Crippen LogP contribution in [0.5, 0.6) is 11.5 Å². The number of hydrogen-bond donors (Lipinski definition) is 1. The minimum absolute atomic E-state index is 0.0769. The lowest BCUT2D eigenvalue weighted by Crippen LogP contribution is -2.25. The molecule has 0 aliphatic carbocycles. The number of carbonyl (C=O) groups excluding carboxylic acids is 1. The van der Waals surface area contributed by atoms with Gasteiger partial charge < -0.3 is 19.3 Å². The number of ether oxygens (including phenoxy) is 3. The molecule has 1 unspecified atom stereocenters. The van der Waals surface area contributed by atoms with Crippen molar-refractivity contribution in [2.45, 2.75) is 12.5 Å². The monoisotopic (exact) mass is 292 g/mol. The van der Waals surface area contributed by atoms with Crippen molar-refractivity contribution in [1.82, 2.24) is 0 Å². The van der Waals surface area contributed by atoms with Gasteiger partial charge in [-0.05, 0) is 17.7 Å². The number of methoxy groups -OCH3 is 1. The van der Waals surface area contributed by atoms with Crippen LogP contribution in [-0.4, -0.2) is 37.5 Å². The van der Waals surface area contributed by atoms with E-state index in [1.807, 2.05) is 0 Å². The zero-order valence-electron chi connectivity index (χ0n) is 12.1. The number of aliphatic hydroxyl groups is 1. The van der Waals surface area contributed by atoms with Gasteiger partial charge in [-0.1, -0.05) is 31.4 Å². The third-order valence-electron chi connectivity index (χ3n) is 2.63. The summed E-state index contributed by atoms with van der Waals surface area (Å²) in [5.41, 5.74) is 0.737. The fourth-order valence-electron chi connectivity index (χ4n) is 1.65. The lowest BCUT2D eigenvalue weighted by Gasteiger charge is -2.13. The Bertz CT molecular complexity index is 495. The molecule has 1 rings (SSSR count). The molecule has 5 heteroatoms. The lowest BCUT2D eigenvalue weighted by molar-refractivity contribution is -0.152. The first-order chi connectivity index (χ1) is 10.1. The molecular formula is C16H20O5. The van der Waals surface area contributed by atoms with E-state index in [-0.39, 0.29) is 13.0 Å². The first-order valence-corrected chi connectivity index (χ1v) is 6.48. The highest BCUT2D eigenvalue weighted by atomic mass is 16.5. The van der Waals surface area contributed by atoms with Crippen LogP contribution in [0.4, 0.5) is 0 Å². The third kappa shape index (κ3) is 5.31. The zero-order valence-corrected chi connectivity index (χ0v) is 12.1. The Morgan fingerprint density at radius 2 is 2.00 bits per heavy atom. The second-order valence-electron chi connectivity index (χ2n) is 4.22. The molecule has 5 nitrogen and oxygen atoms in total. The molecule has 0 aliphatic rings. The molecule has 0 radical (unpaired) electrons. The number of hydrogen-bond acceptors (Lipinski definition) is 5. The summed E-state index contributed by atoms with van der Waals surface area (Å²) in [6.45, 7) is 7.46. The minimum atomic E-state index is -1.23. The lowest BCUT2D eigenvalue weighted by atomic mass is 10.1. The Balaban J connectivity index is 2.73. The molecule has 0 saturated heterocycles. The zero-order chi connectivity index (χ0) is 15.7. The highest BCUT2D eigenvalue weighted by Gasteiger charge is 2.17. The van der Waals surface area contributed by atoms with E-state index in [4.69, 9.17) is 14.2 Å². The topological polar surface area (TPSA) is 65.0 Å². The van der Waals surface area contributed by atoms with E-state index in [1.165, 1.54) is 13.2 Å². The average Bonchev–Trinajstić information content (AvgIpc) is 2.50. The first kappa shape index (κ1) is 16.8. The quantitative estimate of drug-likeness (QED) is 0.556. The average molecular weight is 292 g/mol. The standard InChI is InChI=1S/C16H20O5/c1-4-8-20-14-7-6-12(11-15(14)19-3)10-13(17)16(18)21-9-5-2/h4-7,11,13,17H,1-2,8-10H2,3H3. The third-order valence-corrected chi connectivity index (χ3v) is 2.63. The molecule has 0 heterocycles. The Labute approximate surface area is 124 Å². The first-order valence-electron chi connectivity index (χ1n) is 6.48. The van der Waals surface area contributed by atoms with Crippen LogP contribution in [0.15, 0.2) is 43.5 Å². The van der Waals surface area contributed by atoms with Crippen LogP contribution in [-0.2, 0) is 16.0 Å². The number of carbonyl (C=O) groups is 1. The van der Waals surface area contributed by atoms with Gasteiger partial charge in [0.05, 0.1) is 7.11 Å². The van der Waals surface area contributed by atoms with Crippen LogP contribution >= 0.6 is 0 Å². The van der Waals surface area contributed by atoms with Gasteiger partial charge in [0.2, 0.25) is 0 Å². The van der Waals surface area contributed by atoms with E-state index in [1.54, 1.807) is 24.3 Å². The maximum Gasteiger partial charge on any atom is 0.335 e. The molecule has 0 amide bonds. The number of esters is 1. The van der Waals surface area contributed by atoms with Crippen LogP contribution in [0.1, 0.15) is 5.56 Å². The summed E-state index contributed by atoms with van der Waals surface area (Å²) in [5, 5.41) is 9.78. The van der Waals surface area contributed by atoms with Gasteiger partial charge in [-0.25, -0.2) is 4.79 Å². The van der Waals surface area contributed by atoms with Crippen LogP contribution in [0.2, 0.25) is 0 Å². The molecule has 1 N–H and O–H groups in total. The van der Waals surface area contributed by atoms with Gasteiger partial charge in [0.1, 0.15) is 13.2 Å². The molecule has 21 heavy (non-hydrogen) atoms. The molecule has 0 aromatic heterocycles. The molecule has 0 aliphatic heterocycles. The predicted octanol–water partition coefficient (Wildman–Crippen LogP) is 1.89. The predicted molar refractivity (Wildman–Crippen MR) is 79.6 cm³/mol. The van der Waals surface area contributed by atoms with Gasteiger partial charge in [-0.15, -0.1) is 0 Å². The Kier molecular flexibility index (Phi) is 7.04. The van der Waals surface area contributed by atoms with Crippen LogP contribution in [0.25, 0.3) is 0 Å². The number of rotatable bonds is 9. The summed E-state index contributed by atoms with van der Waals surface area (Å²) in [5.74, 6) is 0.423. The van der Waals surface area contributed by atoms with Crippen molar-refractivity contribution in [3.8, 4) is 11.5 Å². The van der Waals surface area contributed by atoms with Crippen molar-refractivity contribution < 1.29 is 24.1 Å². The van der Waals surface area contributed by atoms with Crippen molar-refractivity contribution in [2.75, 3.05) is 20.3 Å². The second kappa shape index (κ2) is 8.81. The second-order valence-corrected chi connectivity index (χ2v) is 4.22. The van der Waals surface area contributed by atoms with Crippen LogP contribution in [0.3, 0.4) is 0 Å². The summed E-state index contributed by atoms with van der Waals surface area (Å²) in [4.78, 5) is 11.5. The van der Waals surface area contributed by atoms with Gasteiger partial charge in [0.25, 0.3) is 0 Å². The molecule has 0 saturated carbocycles. The molecule has 1 aromatic rings. The summed E-state index contributed by atoms with van der Waals surface area (Å²) in [6.07, 6.45) is 1.98. The highest BCUT2D eigenvalue weighted by molar-refractivity contribution is 5.74. The maximum atomic E-state index is 11.5. The van der Waals surface area contributed by atoms with E-state index < -0.39 is 12.1 Å². The van der Waals surface area contributed by atoms with Crippen molar-refractivity contribution in [3.05, 3.63) is 49.1 Å². The van der Waals surface area contributed by atoms with Crippen molar-refractivity contribution in [1.29, 1.82) is 0 Å². The summed E-state index contributed by atoms with van der Waals surface area (Å²) < 4.78 is 15.4. The SMILES string of the molecule is C=CCOC(=O)C(O)Cc1ccc(OCC=C)c(OC)c1. The molecular weight excluding hydrogens is 272 g/mol. The fraction of sp³-hybridized carbons (Fsp3) is 0.312. The van der Waals surface area contributed by atoms with E-state index in [2.05, 4.69) is 13.2 Å². The number of benzene rings is 1. The van der Waals surface area contributed by atoms with Gasteiger partial charge >= 0.3 is 5.97 Å². The van der Waals surface area contributed by atoms with E-state index in [0.29, 0.717) is 18.1 Å². The smallest absolute Gasteiger partial charge is 0.335 e. The molecule has 0 spiro atoms. The summed E-state index contributed by atoms with van der Waals surface area (Å²) >= 11 is 0. The largest absolute Gasteiger partial charge is 0.493 e. The van der Waals surface area contributed by atoms with Crippen LogP contribution < -0.4 is 9.47 Å². The van der Waals surface area contributed by atoms with Crippen molar-refractivity contribution >= 4 is 5.97 Å². The van der Waals surface area contributed by atoms with Gasteiger partial charge in [-0.2, -0.15) is 0 Å². The molecule has 114 valence electrons. The van der Waals surface area contributed by atoms with Gasteiger partial charge in [0.15, 0.2) is 17.6 Å². The normalized spacial score (nSPS) is 11.3. The van der Waals surface area contributed by atoms with Crippen LogP contribution in [0, 0.1) is 0 Å². The van der Waals surface area contributed by atoms with E-state index in [9.17, 15) is 9.90 Å². The Hall–Kier alpha value is -2.27. The minimum Gasteiger partial charge on any atom is -0.493 e. The Morgan fingerprint density at radius 3 is 2.62 bits per heavy atom. The van der Waals surface area contributed by atoms with E-state index >= 15 is 0 Å². The summed E-state index contributed by atoms with van der Waals surface area (Å²) in [7, 11) is 1.52. The van der Waals surface area contributed by atoms with Gasteiger partial charge in [-0.3, -0.25) is 0 Å².